The van der Waals surface area contributed by atoms with Gasteiger partial charge in [-0.2, -0.15) is 0 Å². The summed E-state index contributed by atoms with van der Waals surface area (Å²) in [6.07, 6.45) is 0. The molecular weight excluding hydrogens is 371 g/mol. The number of phenolic OH excluding ortho intramolecular Hbond substituents is 1. The van der Waals surface area contributed by atoms with Crippen molar-refractivity contribution in [2.45, 2.75) is 19.6 Å². The second-order valence-corrected chi connectivity index (χ2v) is 9.31. The molecule has 1 heterocycles. The maximum Gasteiger partial charge on any atom is 0.357 e. The molecule has 1 saturated heterocycles. The minimum atomic E-state index is -3.59. The van der Waals surface area contributed by atoms with Crippen LogP contribution in [0, 0.1) is 15.5 Å². The van der Waals surface area contributed by atoms with Crippen molar-refractivity contribution in [1.82, 2.24) is 0 Å². The molecular formula is C18H21N2O6P. The maximum absolute atomic E-state index is 13.4. The fourth-order valence-corrected chi connectivity index (χ4v) is 4.87. The number of non-ortho nitro benzene ring substituents is 1. The number of aromatic hydroxyl groups is 1. The first kappa shape index (κ1) is 19.4. The summed E-state index contributed by atoms with van der Waals surface area (Å²) in [6.45, 7) is 4.44. The van der Waals surface area contributed by atoms with Gasteiger partial charge in [0.05, 0.1) is 18.1 Å². The smallest absolute Gasteiger partial charge is 0.357 e. The van der Waals surface area contributed by atoms with Gasteiger partial charge in [0.2, 0.25) is 0 Å². The third-order valence-corrected chi connectivity index (χ3v) is 6.21. The van der Waals surface area contributed by atoms with Gasteiger partial charge in [0.25, 0.3) is 5.69 Å². The summed E-state index contributed by atoms with van der Waals surface area (Å²) < 4.78 is 24.7. The lowest BCUT2D eigenvalue weighted by molar-refractivity contribution is -0.384. The summed E-state index contributed by atoms with van der Waals surface area (Å²) in [5.41, 5.74) is 0.819. The maximum atomic E-state index is 13.4. The number of rotatable bonds is 5. The summed E-state index contributed by atoms with van der Waals surface area (Å²) in [5, 5.41) is 23.5. The Hall–Kier alpha value is -2.41. The number of nitrogens with one attached hydrogen (secondary N) is 1. The molecule has 0 aliphatic carbocycles. The molecule has 1 fully saturated rings. The Labute approximate surface area is 156 Å². The van der Waals surface area contributed by atoms with Crippen molar-refractivity contribution in [3.63, 3.8) is 0 Å². The highest BCUT2D eigenvalue weighted by Crippen LogP contribution is 2.64. The topological polar surface area (TPSA) is 111 Å². The van der Waals surface area contributed by atoms with Crippen LogP contribution in [0.5, 0.6) is 5.75 Å². The fourth-order valence-electron chi connectivity index (χ4n) is 2.60. The van der Waals surface area contributed by atoms with Gasteiger partial charge in [-0.1, -0.05) is 13.8 Å². The summed E-state index contributed by atoms with van der Waals surface area (Å²) in [7, 11) is -3.59. The molecule has 0 saturated carbocycles. The molecule has 8 nitrogen and oxygen atoms in total. The van der Waals surface area contributed by atoms with Gasteiger partial charge >= 0.3 is 7.60 Å². The average Bonchev–Trinajstić information content (AvgIpc) is 2.64. The summed E-state index contributed by atoms with van der Waals surface area (Å²) >= 11 is 0. The van der Waals surface area contributed by atoms with Crippen LogP contribution in [0.3, 0.4) is 0 Å². The van der Waals surface area contributed by atoms with Crippen molar-refractivity contribution in [2.75, 3.05) is 18.5 Å². The van der Waals surface area contributed by atoms with Crippen LogP contribution in [0.4, 0.5) is 11.4 Å². The van der Waals surface area contributed by atoms with Crippen molar-refractivity contribution in [2.24, 2.45) is 5.41 Å². The van der Waals surface area contributed by atoms with E-state index in [1.165, 1.54) is 36.4 Å². The largest absolute Gasteiger partial charge is 0.508 e. The number of anilines is 1. The van der Waals surface area contributed by atoms with Gasteiger partial charge in [-0.3, -0.25) is 14.7 Å². The van der Waals surface area contributed by atoms with Gasteiger partial charge < -0.3 is 19.5 Å². The number of phenols is 1. The van der Waals surface area contributed by atoms with Crippen LogP contribution in [-0.2, 0) is 13.6 Å². The first-order chi connectivity index (χ1) is 12.7. The molecule has 1 atom stereocenters. The molecule has 0 radical (unpaired) electrons. The molecule has 1 aliphatic heterocycles. The van der Waals surface area contributed by atoms with E-state index >= 15 is 0 Å². The van der Waals surface area contributed by atoms with Crippen molar-refractivity contribution < 1.29 is 23.6 Å². The van der Waals surface area contributed by atoms with Crippen molar-refractivity contribution in [3.05, 3.63) is 64.2 Å². The number of nitro groups is 1. The lowest BCUT2D eigenvalue weighted by atomic mass is 9.97. The molecule has 0 amide bonds. The summed E-state index contributed by atoms with van der Waals surface area (Å²) in [4.78, 5) is 10.4. The summed E-state index contributed by atoms with van der Waals surface area (Å²) in [6, 6.07) is 12.0. The lowest BCUT2D eigenvalue weighted by Gasteiger charge is -2.37. The predicted molar refractivity (Wildman–Crippen MR) is 101 cm³/mol. The van der Waals surface area contributed by atoms with Crippen LogP contribution < -0.4 is 5.32 Å². The van der Waals surface area contributed by atoms with E-state index in [-0.39, 0.29) is 30.1 Å². The molecule has 1 aliphatic rings. The normalized spacial score (nSPS) is 19.2. The minimum absolute atomic E-state index is 0.0629. The van der Waals surface area contributed by atoms with E-state index in [0.29, 0.717) is 11.3 Å². The van der Waals surface area contributed by atoms with Crippen LogP contribution in [0.25, 0.3) is 0 Å². The quantitative estimate of drug-likeness (QED) is 0.329. The zero-order valence-corrected chi connectivity index (χ0v) is 15.9. The fraction of sp³-hybridized carbons (Fsp3) is 0.333. The molecule has 0 spiro atoms. The highest BCUT2D eigenvalue weighted by Gasteiger charge is 2.44. The van der Waals surface area contributed by atoms with Gasteiger partial charge in [0.15, 0.2) is 5.78 Å². The molecule has 27 heavy (non-hydrogen) atoms. The number of hydrogen-bond donors (Lipinski definition) is 2. The van der Waals surface area contributed by atoms with Gasteiger partial charge in [0.1, 0.15) is 5.75 Å². The van der Waals surface area contributed by atoms with Crippen LogP contribution in [-0.4, -0.2) is 23.2 Å². The first-order valence-electron chi connectivity index (χ1n) is 8.37. The molecule has 2 aromatic rings. The van der Waals surface area contributed by atoms with Crippen LogP contribution >= 0.6 is 7.60 Å². The molecule has 144 valence electrons. The molecule has 2 N–H and O–H groups in total. The van der Waals surface area contributed by atoms with E-state index in [9.17, 15) is 19.8 Å². The van der Waals surface area contributed by atoms with Crippen molar-refractivity contribution >= 4 is 19.0 Å². The number of benzene rings is 2. The van der Waals surface area contributed by atoms with Crippen molar-refractivity contribution in [1.29, 1.82) is 0 Å². The Morgan fingerprint density at radius 3 is 2.19 bits per heavy atom. The van der Waals surface area contributed by atoms with E-state index < -0.39 is 18.3 Å². The van der Waals surface area contributed by atoms with Gasteiger partial charge in [-0.05, 0) is 42.0 Å². The number of nitro benzene ring substituents is 1. The molecule has 2 aromatic carbocycles. The molecule has 0 bridgehead atoms. The molecule has 9 heteroatoms. The zero-order valence-electron chi connectivity index (χ0n) is 15.0. The minimum Gasteiger partial charge on any atom is -0.508 e. The Bertz CT molecular complexity index is 852. The van der Waals surface area contributed by atoms with Crippen LogP contribution in [0.1, 0.15) is 25.2 Å². The SMILES string of the molecule is CC1(C)COP(=O)([C@@H](Nc2ccc(O)cc2)c2ccc([N+](=O)[O-])cc2)OC1. The third kappa shape index (κ3) is 4.47. The van der Waals surface area contributed by atoms with Gasteiger partial charge in [0, 0.05) is 23.2 Å². The summed E-state index contributed by atoms with van der Waals surface area (Å²) in [5.74, 6) is -0.745. The second-order valence-electron chi connectivity index (χ2n) is 7.19. The Morgan fingerprint density at radius 2 is 1.67 bits per heavy atom. The van der Waals surface area contributed by atoms with Gasteiger partial charge in [-0.15, -0.1) is 0 Å². The standard InChI is InChI=1S/C18H21N2O6P/c1-18(2)11-25-27(24,26-12-18)17(19-14-5-9-16(21)10-6-14)13-3-7-15(8-4-13)20(22)23/h3-10,17,19,21H,11-12H2,1-2H3/t17-/m1/s1. The van der Waals surface area contributed by atoms with E-state index in [1.54, 1.807) is 12.1 Å². The molecule has 0 unspecified atom stereocenters. The average molecular weight is 392 g/mol. The monoisotopic (exact) mass is 392 g/mol. The van der Waals surface area contributed by atoms with Crippen LogP contribution in [0.2, 0.25) is 0 Å². The first-order valence-corrected chi connectivity index (χ1v) is 9.98. The van der Waals surface area contributed by atoms with Crippen LogP contribution in [0.15, 0.2) is 48.5 Å². The second kappa shape index (κ2) is 7.31. The molecule has 0 aromatic heterocycles. The highest BCUT2D eigenvalue weighted by atomic mass is 31.2. The number of nitrogens with zero attached hydrogens (tertiary/aromatic N) is 1. The third-order valence-electron chi connectivity index (χ3n) is 4.18. The molecule has 3 rings (SSSR count). The van der Waals surface area contributed by atoms with E-state index in [2.05, 4.69) is 5.32 Å². The lowest BCUT2D eigenvalue weighted by Crippen LogP contribution is -2.31. The Kier molecular flexibility index (Phi) is 5.24. The van der Waals surface area contributed by atoms with Gasteiger partial charge in [-0.25, -0.2) is 0 Å². The highest BCUT2D eigenvalue weighted by molar-refractivity contribution is 7.54. The van der Waals surface area contributed by atoms with E-state index in [0.717, 1.165) is 0 Å². The zero-order chi connectivity index (χ0) is 19.7. The Balaban J connectivity index is 1.94. The van der Waals surface area contributed by atoms with E-state index in [1.807, 2.05) is 13.8 Å². The van der Waals surface area contributed by atoms with Crippen molar-refractivity contribution in [3.8, 4) is 5.75 Å². The Morgan fingerprint density at radius 1 is 1.11 bits per heavy atom. The number of hydrogen-bond acceptors (Lipinski definition) is 7. The van der Waals surface area contributed by atoms with E-state index in [4.69, 9.17) is 9.05 Å². The predicted octanol–water partition coefficient (Wildman–Crippen LogP) is 4.68.